The molecule has 0 aliphatic carbocycles. The van der Waals surface area contributed by atoms with E-state index in [-0.39, 0.29) is 0 Å². The predicted octanol–water partition coefficient (Wildman–Crippen LogP) is 2.63. The van der Waals surface area contributed by atoms with E-state index in [2.05, 4.69) is 0 Å². The summed E-state index contributed by atoms with van der Waals surface area (Å²) in [6, 6.07) is 7.75. The lowest BCUT2D eigenvalue weighted by Gasteiger charge is -2.00. The van der Waals surface area contributed by atoms with Gasteiger partial charge < -0.3 is 4.90 Å². The van der Waals surface area contributed by atoms with E-state index in [1.165, 1.54) is 5.69 Å². The number of rotatable bonds is 1. The molecular formula is C8H6ClN. The second-order valence-corrected chi connectivity index (χ2v) is 2.62. The Morgan fingerprint density at radius 2 is 1.60 bits per heavy atom. The number of halogens is 1. The predicted molar refractivity (Wildman–Crippen MR) is 43.1 cm³/mol. The summed E-state index contributed by atoms with van der Waals surface area (Å²) in [6.07, 6.45) is 4.01. The van der Waals surface area contributed by atoms with Gasteiger partial charge in [0.1, 0.15) is 0 Å². The minimum absolute atomic E-state index is 0.783. The molecule has 1 nitrogen and oxygen atoms in total. The number of hydrogen-bond acceptors (Lipinski definition) is 1. The van der Waals surface area contributed by atoms with Crippen LogP contribution in [-0.4, -0.2) is 0 Å². The van der Waals surface area contributed by atoms with E-state index in [1.54, 1.807) is 0 Å². The highest BCUT2D eigenvalue weighted by molar-refractivity contribution is 6.30. The summed E-state index contributed by atoms with van der Waals surface area (Å²) < 4.78 is 0. The van der Waals surface area contributed by atoms with E-state index < -0.39 is 0 Å². The first-order chi connectivity index (χ1) is 4.86. The third kappa shape index (κ3) is 1.00. The zero-order valence-corrected chi connectivity index (χ0v) is 6.05. The van der Waals surface area contributed by atoms with Gasteiger partial charge >= 0.3 is 0 Å². The molecule has 0 unspecified atom stereocenters. The molecule has 0 radical (unpaired) electrons. The molecule has 0 N–H and O–H groups in total. The molecule has 1 aliphatic heterocycles. The van der Waals surface area contributed by atoms with Crippen LogP contribution in [-0.2, 0) is 0 Å². The van der Waals surface area contributed by atoms with Gasteiger partial charge in [-0.15, -0.1) is 0 Å². The smallest absolute Gasteiger partial charge is 0.0451 e. The Hall–Kier alpha value is -0.950. The van der Waals surface area contributed by atoms with Crippen molar-refractivity contribution in [2.45, 2.75) is 0 Å². The number of hydrogen-bond donors (Lipinski definition) is 0. The number of benzene rings is 1. The minimum atomic E-state index is 0.783. The van der Waals surface area contributed by atoms with Crippen molar-refractivity contribution < 1.29 is 0 Å². The van der Waals surface area contributed by atoms with E-state index >= 15 is 0 Å². The van der Waals surface area contributed by atoms with Crippen molar-refractivity contribution in [2.24, 2.45) is 0 Å². The van der Waals surface area contributed by atoms with Crippen LogP contribution in [0.5, 0.6) is 0 Å². The lowest BCUT2D eigenvalue weighted by molar-refractivity contribution is 1.47. The van der Waals surface area contributed by atoms with E-state index in [1.807, 2.05) is 41.6 Å². The second-order valence-electron chi connectivity index (χ2n) is 2.18. The average molecular weight is 152 g/mol. The first-order valence-electron chi connectivity index (χ1n) is 3.08. The molecule has 0 aromatic heterocycles. The van der Waals surface area contributed by atoms with Crippen LogP contribution in [0.15, 0.2) is 36.7 Å². The molecule has 0 fully saturated rings. The van der Waals surface area contributed by atoms with E-state index in [9.17, 15) is 0 Å². The normalized spacial score (nSPS) is 13.9. The van der Waals surface area contributed by atoms with Crippen LogP contribution >= 0.6 is 11.6 Å². The van der Waals surface area contributed by atoms with Crippen LogP contribution in [0.25, 0.3) is 0 Å². The van der Waals surface area contributed by atoms with Crippen LogP contribution in [0.4, 0.5) is 5.69 Å². The molecule has 0 amide bonds. The molecule has 0 spiro atoms. The lowest BCUT2D eigenvalue weighted by Crippen LogP contribution is -1.87. The van der Waals surface area contributed by atoms with Gasteiger partial charge in [-0.05, 0) is 24.3 Å². The topological polar surface area (TPSA) is 3.01 Å². The van der Waals surface area contributed by atoms with Gasteiger partial charge in [0.25, 0.3) is 0 Å². The highest BCUT2D eigenvalue weighted by atomic mass is 35.5. The van der Waals surface area contributed by atoms with Gasteiger partial charge in [-0.1, -0.05) is 11.6 Å². The van der Waals surface area contributed by atoms with Crippen molar-refractivity contribution in [3.05, 3.63) is 41.7 Å². The fourth-order valence-corrected chi connectivity index (χ4v) is 0.945. The van der Waals surface area contributed by atoms with Crippen LogP contribution < -0.4 is 4.90 Å². The van der Waals surface area contributed by atoms with Gasteiger partial charge in [-0.25, -0.2) is 0 Å². The Morgan fingerprint density at radius 3 is 2.10 bits per heavy atom. The molecule has 50 valence electrons. The molecule has 1 heterocycles. The van der Waals surface area contributed by atoms with Gasteiger partial charge in [0.05, 0.1) is 0 Å². The maximum absolute atomic E-state index is 5.70. The Balaban J connectivity index is 2.28. The Bertz CT molecular complexity index is 257. The maximum atomic E-state index is 5.70. The van der Waals surface area contributed by atoms with Gasteiger partial charge in [0.2, 0.25) is 0 Å². The zero-order chi connectivity index (χ0) is 6.97. The average Bonchev–Trinajstić information content (AvgIpc) is 2.71. The standard InChI is InChI=1S/C8H6ClN/c9-7-1-3-8(4-2-7)10-5-6-10/h1-6H. The summed E-state index contributed by atoms with van der Waals surface area (Å²) in [6.45, 7) is 0. The molecule has 0 bridgehead atoms. The molecule has 1 aromatic rings. The quantitative estimate of drug-likeness (QED) is 0.596. The molecular weight excluding hydrogens is 146 g/mol. The molecule has 2 heteroatoms. The molecule has 10 heavy (non-hydrogen) atoms. The fourth-order valence-electron chi connectivity index (χ4n) is 0.819. The molecule has 2 rings (SSSR count). The third-order valence-electron chi connectivity index (χ3n) is 1.42. The largest absolute Gasteiger partial charge is 0.321 e. The molecule has 1 aromatic carbocycles. The monoisotopic (exact) mass is 151 g/mol. The van der Waals surface area contributed by atoms with Crippen LogP contribution in [0.3, 0.4) is 0 Å². The summed E-state index contributed by atoms with van der Waals surface area (Å²) in [5.41, 5.74) is 1.17. The summed E-state index contributed by atoms with van der Waals surface area (Å²) in [5.74, 6) is 0. The van der Waals surface area contributed by atoms with Gasteiger partial charge in [0.15, 0.2) is 0 Å². The van der Waals surface area contributed by atoms with Crippen LogP contribution in [0, 0.1) is 0 Å². The summed E-state index contributed by atoms with van der Waals surface area (Å²) in [5, 5.41) is 0.783. The van der Waals surface area contributed by atoms with Crippen LogP contribution in [0.1, 0.15) is 0 Å². The third-order valence-corrected chi connectivity index (χ3v) is 1.67. The van der Waals surface area contributed by atoms with E-state index in [0.717, 1.165) is 5.02 Å². The summed E-state index contributed by atoms with van der Waals surface area (Å²) in [7, 11) is 0. The molecule has 0 saturated carbocycles. The second kappa shape index (κ2) is 2.03. The Labute approximate surface area is 64.5 Å². The zero-order valence-electron chi connectivity index (χ0n) is 5.29. The Morgan fingerprint density at radius 1 is 1.00 bits per heavy atom. The first-order valence-corrected chi connectivity index (χ1v) is 3.46. The van der Waals surface area contributed by atoms with E-state index in [0.29, 0.717) is 0 Å². The number of nitrogens with zero attached hydrogens (tertiary/aromatic N) is 1. The first kappa shape index (κ1) is 5.81. The Kier molecular flexibility index (Phi) is 1.18. The van der Waals surface area contributed by atoms with Crippen LogP contribution in [0.2, 0.25) is 5.02 Å². The van der Waals surface area contributed by atoms with E-state index in [4.69, 9.17) is 11.6 Å². The minimum Gasteiger partial charge on any atom is -0.321 e. The number of anilines is 1. The molecule has 0 saturated heterocycles. The van der Waals surface area contributed by atoms with Gasteiger partial charge in [-0.3, -0.25) is 0 Å². The fraction of sp³-hybridized carbons (Fsp3) is 0. The SMILES string of the molecule is Clc1ccc(N2C=C2)cc1. The highest BCUT2D eigenvalue weighted by Crippen LogP contribution is 2.23. The van der Waals surface area contributed by atoms with Crippen molar-refractivity contribution >= 4 is 17.3 Å². The molecule has 1 aliphatic rings. The van der Waals surface area contributed by atoms with Gasteiger partial charge in [-0.2, -0.15) is 0 Å². The van der Waals surface area contributed by atoms with Crippen molar-refractivity contribution in [3.63, 3.8) is 0 Å². The van der Waals surface area contributed by atoms with Gasteiger partial charge in [0, 0.05) is 23.1 Å². The van der Waals surface area contributed by atoms with Crippen molar-refractivity contribution in [1.29, 1.82) is 0 Å². The lowest BCUT2D eigenvalue weighted by atomic mass is 10.3. The van der Waals surface area contributed by atoms with Crippen molar-refractivity contribution in [2.75, 3.05) is 4.90 Å². The summed E-state index contributed by atoms with van der Waals surface area (Å²) >= 11 is 5.70. The highest BCUT2D eigenvalue weighted by Gasteiger charge is 2.06. The van der Waals surface area contributed by atoms with Crippen molar-refractivity contribution in [1.82, 2.24) is 0 Å². The molecule has 0 atom stereocenters. The van der Waals surface area contributed by atoms with Crippen molar-refractivity contribution in [3.8, 4) is 0 Å². The maximum Gasteiger partial charge on any atom is 0.0451 e. The summed E-state index contributed by atoms with van der Waals surface area (Å²) in [4.78, 5) is 2.04.